The van der Waals surface area contributed by atoms with Crippen LogP contribution >= 0.6 is 0 Å². The summed E-state index contributed by atoms with van der Waals surface area (Å²) in [5.74, 6) is 0.759. The molecule has 4 nitrogen and oxygen atoms in total. The second kappa shape index (κ2) is 11.5. The molecule has 1 amide bonds. The Hall–Kier alpha value is -0.610. The number of amides is 1. The Kier molecular flexibility index (Phi) is 11.1. The minimum atomic E-state index is 0.0749. The SMILES string of the molecule is CCC(CC)NC(=O)CNCCOCCC(C)C. The van der Waals surface area contributed by atoms with Crippen LogP contribution in [0, 0.1) is 5.92 Å². The molecule has 0 aliphatic carbocycles. The first kappa shape index (κ1) is 17.4. The van der Waals surface area contributed by atoms with Crippen molar-refractivity contribution >= 4 is 5.91 Å². The molecule has 0 spiro atoms. The van der Waals surface area contributed by atoms with Crippen molar-refractivity contribution in [2.45, 2.75) is 53.0 Å². The lowest BCUT2D eigenvalue weighted by molar-refractivity contribution is -0.121. The van der Waals surface area contributed by atoms with Crippen LogP contribution < -0.4 is 10.6 Å². The molecule has 0 heterocycles. The molecule has 2 N–H and O–H groups in total. The summed E-state index contributed by atoms with van der Waals surface area (Å²) >= 11 is 0. The Morgan fingerprint density at radius 3 is 2.39 bits per heavy atom. The summed E-state index contributed by atoms with van der Waals surface area (Å²) in [7, 11) is 0. The maximum Gasteiger partial charge on any atom is 0.234 e. The molecular formula is C14H30N2O2. The summed E-state index contributed by atoms with van der Waals surface area (Å²) in [5.41, 5.74) is 0. The molecule has 108 valence electrons. The fourth-order valence-electron chi connectivity index (χ4n) is 1.54. The summed E-state index contributed by atoms with van der Waals surface area (Å²) in [6.07, 6.45) is 3.07. The second-order valence-corrected chi connectivity index (χ2v) is 5.05. The van der Waals surface area contributed by atoms with Gasteiger partial charge in [0.15, 0.2) is 0 Å². The zero-order chi connectivity index (χ0) is 13.8. The molecule has 0 aromatic carbocycles. The van der Waals surface area contributed by atoms with Crippen molar-refractivity contribution in [1.82, 2.24) is 10.6 Å². The number of carbonyl (C=O) groups is 1. The number of nitrogens with one attached hydrogen (secondary N) is 2. The molecule has 0 saturated heterocycles. The predicted molar refractivity (Wildman–Crippen MR) is 75.7 cm³/mol. The predicted octanol–water partition coefficient (Wildman–Crippen LogP) is 1.94. The van der Waals surface area contributed by atoms with Gasteiger partial charge in [-0.15, -0.1) is 0 Å². The van der Waals surface area contributed by atoms with Gasteiger partial charge in [0.1, 0.15) is 0 Å². The maximum atomic E-state index is 11.5. The van der Waals surface area contributed by atoms with Crippen molar-refractivity contribution in [3.8, 4) is 0 Å². The molecule has 0 bridgehead atoms. The van der Waals surface area contributed by atoms with E-state index in [0.29, 0.717) is 25.1 Å². The number of hydrogen-bond donors (Lipinski definition) is 2. The van der Waals surface area contributed by atoms with E-state index in [1.54, 1.807) is 0 Å². The third kappa shape index (κ3) is 10.5. The van der Waals surface area contributed by atoms with E-state index in [1.807, 2.05) is 0 Å². The van der Waals surface area contributed by atoms with Gasteiger partial charge in [0.2, 0.25) is 5.91 Å². The molecule has 0 rings (SSSR count). The second-order valence-electron chi connectivity index (χ2n) is 5.05. The molecular weight excluding hydrogens is 228 g/mol. The summed E-state index contributed by atoms with van der Waals surface area (Å²) in [5, 5.41) is 6.08. The molecule has 0 fully saturated rings. The van der Waals surface area contributed by atoms with E-state index in [1.165, 1.54) is 0 Å². The van der Waals surface area contributed by atoms with Gasteiger partial charge in [0.25, 0.3) is 0 Å². The van der Waals surface area contributed by atoms with Crippen LogP contribution in [0.3, 0.4) is 0 Å². The largest absolute Gasteiger partial charge is 0.380 e. The number of carbonyl (C=O) groups excluding carboxylic acids is 1. The van der Waals surface area contributed by atoms with Crippen LogP contribution in [0.25, 0.3) is 0 Å². The number of hydrogen-bond acceptors (Lipinski definition) is 3. The topological polar surface area (TPSA) is 50.4 Å². The fourth-order valence-corrected chi connectivity index (χ4v) is 1.54. The highest BCUT2D eigenvalue weighted by atomic mass is 16.5. The smallest absolute Gasteiger partial charge is 0.234 e. The summed E-state index contributed by atoms with van der Waals surface area (Å²) in [6.45, 7) is 11.1. The maximum absolute atomic E-state index is 11.5. The average molecular weight is 258 g/mol. The Bertz CT molecular complexity index is 204. The van der Waals surface area contributed by atoms with Crippen LogP contribution in [0.2, 0.25) is 0 Å². The van der Waals surface area contributed by atoms with E-state index in [-0.39, 0.29) is 5.91 Å². The first-order valence-corrected chi connectivity index (χ1v) is 7.17. The Morgan fingerprint density at radius 1 is 1.17 bits per heavy atom. The van der Waals surface area contributed by atoms with Gasteiger partial charge in [-0.3, -0.25) is 4.79 Å². The van der Waals surface area contributed by atoms with Gasteiger partial charge in [-0.25, -0.2) is 0 Å². The van der Waals surface area contributed by atoms with Gasteiger partial charge in [-0.2, -0.15) is 0 Å². The van der Waals surface area contributed by atoms with E-state index < -0.39 is 0 Å². The Balaban J connectivity index is 3.35. The molecule has 0 radical (unpaired) electrons. The first-order valence-electron chi connectivity index (χ1n) is 7.17. The molecule has 4 heteroatoms. The van der Waals surface area contributed by atoms with Crippen LogP contribution in [0.1, 0.15) is 47.0 Å². The van der Waals surface area contributed by atoms with Gasteiger partial charge < -0.3 is 15.4 Å². The van der Waals surface area contributed by atoms with Crippen LogP contribution in [0.4, 0.5) is 0 Å². The van der Waals surface area contributed by atoms with Gasteiger partial charge in [-0.1, -0.05) is 27.7 Å². The fraction of sp³-hybridized carbons (Fsp3) is 0.929. The third-order valence-corrected chi connectivity index (χ3v) is 2.90. The summed E-state index contributed by atoms with van der Waals surface area (Å²) < 4.78 is 5.46. The van der Waals surface area contributed by atoms with Gasteiger partial charge >= 0.3 is 0 Å². The van der Waals surface area contributed by atoms with E-state index in [2.05, 4.69) is 38.3 Å². The lowest BCUT2D eigenvalue weighted by Crippen LogP contribution is -2.40. The van der Waals surface area contributed by atoms with Gasteiger partial charge in [-0.05, 0) is 25.2 Å². The third-order valence-electron chi connectivity index (χ3n) is 2.90. The highest BCUT2D eigenvalue weighted by Gasteiger charge is 2.07. The quantitative estimate of drug-likeness (QED) is 0.557. The highest BCUT2D eigenvalue weighted by molar-refractivity contribution is 5.78. The minimum absolute atomic E-state index is 0.0749. The Morgan fingerprint density at radius 2 is 1.83 bits per heavy atom. The molecule has 0 aromatic heterocycles. The molecule has 0 unspecified atom stereocenters. The van der Waals surface area contributed by atoms with E-state index in [9.17, 15) is 4.79 Å². The Labute approximate surface area is 112 Å². The zero-order valence-electron chi connectivity index (χ0n) is 12.4. The minimum Gasteiger partial charge on any atom is -0.380 e. The molecule has 0 atom stereocenters. The first-order chi connectivity index (χ1) is 8.60. The van der Waals surface area contributed by atoms with E-state index >= 15 is 0 Å². The standard InChI is InChI=1S/C14H30N2O2/c1-5-13(6-2)16-14(17)11-15-8-10-18-9-7-12(3)4/h12-13,15H,5-11H2,1-4H3,(H,16,17). The van der Waals surface area contributed by atoms with Crippen molar-refractivity contribution in [1.29, 1.82) is 0 Å². The molecule has 0 aliphatic rings. The van der Waals surface area contributed by atoms with Crippen molar-refractivity contribution < 1.29 is 9.53 Å². The van der Waals surface area contributed by atoms with E-state index in [4.69, 9.17) is 4.74 Å². The average Bonchev–Trinajstić information content (AvgIpc) is 2.34. The van der Waals surface area contributed by atoms with Crippen molar-refractivity contribution in [3.63, 3.8) is 0 Å². The van der Waals surface area contributed by atoms with Crippen LogP contribution in [-0.4, -0.2) is 38.3 Å². The molecule has 0 saturated carbocycles. The van der Waals surface area contributed by atoms with E-state index in [0.717, 1.165) is 32.4 Å². The summed E-state index contributed by atoms with van der Waals surface area (Å²) in [4.78, 5) is 11.5. The van der Waals surface area contributed by atoms with Crippen molar-refractivity contribution in [3.05, 3.63) is 0 Å². The zero-order valence-corrected chi connectivity index (χ0v) is 12.4. The highest BCUT2D eigenvalue weighted by Crippen LogP contribution is 1.98. The van der Waals surface area contributed by atoms with Crippen LogP contribution in [0.15, 0.2) is 0 Å². The van der Waals surface area contributed by atoms with Crippen LogP contribution in [-0.2, 0) is 9.53 Å². The normalized spacial score (nSPS) is 11.2. The molecule has 0 aliphatic heterocycles. The van der Waals surface area contributed by atoms with Gasteiger partial charge in [0, 0.05) is 19.2 Å². The summed E-state index contributed by atoms with van der Waals surface area (Å²) in [6, 6.07) is 0.307. The lowest BCUT2D eigenvalue weighted by Gasteiger charge is -2.14. The van der Waals surface area contributed by atoms with Crippen molar-refractivity contribution in [2.24, 2.45) is 5.92 Å². The number of ether oxygens (including phenoxy) is 1. The lowest BCUT2D eigenvalue weighted by atomic mass is 10.1. The molecule has 18 heavy (non-hydrogen) atoms. The molecule has 0 aromatic rings. The number of rotatable bonds is 11. The monoisotopic (exact) mass is 258 g/mol. The van der Waals surface area contributed by atoms with Gasteiger partial charge in [0.05, 0.1) is 13.2 Å². The van der Waals surface area contributed by atoms with Crippen LogP contribution in [0.5, 0.6) is 0 Å². The van der Waals surface area contributed by atoms with Crippen molar-refractivity contribution in [2.75, 3.05) is 26.3 Å².